The fraction of sp³-hybridized carbons (Fsp3) is 0.667. The molecular formula is C9H18NO10P. The van der Waals surface area contributed by atoms with Crippen LogP contribution in [0.15, 0.2) is 11.5 Å². The van der Waals surface area contributed by atoms with Crippen LogP contribution in [0.2, 0.25) is 0 Å². The molecule has 0 aromatic carbocycles. The van der Waals surface area contributed by atoms with Crippen molar-refractivity contribution < 1.29 is 48.8 Å². The number of hydrogen-bond donors (Lipinski definition) is 7. The van der Waals surface area contributed by atoms with E-state index in [9.17, 15) is 9.36 Å². The van der Waals surface area contributed by atoms with Crippen LogP contribution in [0.25, 0.3) is 0 Å². The molecule has 0 amide bonds. The first-order valence-electron chi connectivity index (χ1n) is 5.66. The zero-order valence-electron chi connectivity index (χ0n) is 10.8. The van der Waals surface area contributed by atoms with Crippen LogP contribution >= 0.6 is 7.82 Å². The van der Waals surface area contributed by atoms with E-state index in [4.69, 9.17) is 35.9 Å². The summed E-state index contributed by atoms with van der Waals surface area (Å²) in [5, 5.41) is 35.0. The van der Waals surface area contributed by atoms with E-state index >= 15 is 0 Å². The molecule has 0 aliphatic carbocycles. The summed E-state index contributed by atoms with van der Waals surface area (Å²) in [5.41, 5.74) is 5.02. The van der Waals surface area contributed by atoms with Gasteiger partial charge in [-0.15, -0.1) is 0 Å². The lowest BCUT2D eigenvalue weighted by molar-refractivity contribution is -0.147. The molecule has 0 bridgehead atoms. The van der Waals surface area contributed by atoms with E-state index in [1.54, 1.807) is 0 Å². The van der Waals surface area contributed by atoms with Crippen LogP contribution in [0.1, 0.15) is 6.42 Å². The van der Waals surface area contributed by atoms with E-state index in [2.05, 4.69) is 9.26 Å². The van der Waals surface area contributed by atoms with Gasteiger partial charge in [0.2, 0.25) is 5.76 Å². The van der Waals surface area contributed by atoms with Gasteiger partial charge in [-0.05, 0) is 13.0 Å². The molecule has 1 aliphatic heterocycles. The van der Waals surface area contributed by atoms with Gasteiger partial charge < -0.3 is 40.7 Å². The van der Waals surface area contributed by atoms with Crippen LogP contribution < -0.4 is 5.73 Å². The minimum atomic E-state index is -4.25. The number of nitrogens with two attached hydrogens (primary N) is 1. The Morgan fingerprint density at radius 2 is 1.95 bits per heavy atom. The maximum Gasteiger partial charge on any atom is 0.469 e. The van der Waals surface area contributed by atoms with E-state index in [-0.39, 0.29) is 6.61 Å². The third-order valence-electron chi connectivity index (χ3n) is 2.08. The van der Waals surface area contributed by atoms with Gasteiger partial charge in [-0.2, -0.15) is 0 Å². The molecule has 0 saturated heterocycles. The molecule has 1 rings (SSSR count). The number of esters is 1. The predicted molar refractivity (Wildman–Crippen MR) is 66.9 cm³/mol. The Morgan fingerprint density at radius 1 is 1.38 bits per heavy atom. The van der Waals surface area contributed by atoms with Crippen molar-refractivity contribution >= 4 is 13.8 Å². The van der Waals surface area contributed by atoms with E-state index < -0.39 is 44.1 Å². The molecule has 11 nitrogen and oxygen atoms in total. The lowest BCUT2D eigenvalue weighted by Crippen LogP contribution is -2.31. The molecule has 0 spiro atoms. The Balaban J connectivity index is 0.000000400. The lowest BCUT2D eigenvalue weighted by atomic mass is 10.2. The van der Waals surface area contributed by atoms with Gasteiger partial charge in [0.05, 0.1) is 13.2 Å². The SMILES string of the molecule is NCCCOP(=O)(O)O.O=C1O[C@H]([C@@H](O)CO)C(O)=C1O. The van der Waals surface area contributed by atoms with Crippen molar-refractivity contribution in [3.05, 3.63) is 11.5 Å². The monoisotopic (exact) mass is 331 g/mol. The van der Waals surface area contributed by atoms with Crippen LogP contribution in [0.5, 0.6) is 0 Å². The van der Waals surface area contributed by atoms with Crippen molar-refractivity contribution in [3.8, 4) is 0 Å². The predicted octanol–water partition coefficient (Wildman–Crippen LogP) is -1.96. The normalized spacial score (nSPS) is 19.9. The molecule has 0 aromatic heterocycles. The van der Waals surface area contributed by atoms with E-state index in [0.29, 0.717) is 13.0 Å². The van der Waals surface area contributed by atoms with Gasteiger partial charge in [-0.3, -0.25) is 4.52 Å². The Hall–Kier alpha value is -1.20. The zero-order valence-corrected chi connectivity index (χ0v) is 11.7. The van der Waals surface area contributed by atoms with Gasteiger partial charge in [-0.25, -0.2) is 9.36 Å². The van der Waals surface area contributed by atoms with Crippen LogP contribution in [0.4, 0.5) is 0 Å². The number of carbonyl (C=O) groups is 1. The molecular weight excluding hydrogens is 313 g/mol. The highest BCUT2D eigenvalue weighted by Gasteiger charge is 2.38. The van der Waals surface area contributed by atoms with Gasteiger partial charge >= 0.3 is 13.8 Å². The number of hydrogen-bond acceptors (Lipinski definition) is 9. The summed E-state index contributed by atoms with van der Waals surface area (Å²) in [6, 6.07) is 0. The molecule has 0 saturated carbocycles. The minimum Gasteiger partial charge on any atom is -0.505 e. The van der Waals surface area contributed by atoms with Crippen molar-refractivity contribution in [1.29, 1.82) is 0 Å². The number of ether oxygens (including phenoxy) is 1. The summed E-state index contributed by atoms with van der Waals surface area (Å²) in [4.78, 5) is 26.7. The zero-order chi connectivity index (χ0) is 16.6. The lowest BCUT2D eigenvalue weighted by Gasteiger charge is -2.13. The van der Waals surface area contributed by atoms with Crippen molar-refractivity contribution in [2.45, 2.75) is 18.6 Å². The average Bonchev–Trinajstić information content (AvgIpc) is 2.65. The first-order valence-corrected chi connectivity index (χ1v) is 7.19. The van der Waals surface area contributed by atoms with Crippen LogP contribution in [0, 0.1) is 0 Å². The molecule has 0 unspecified atom stereocenters. The summed E-state index contributed by atoms with van der Waals surface area (Å²) in [6.45, 7) is -0.282. The number of aliphatic hydroxyl groups excluding tert-OH is 4. The smallest absolute Gasteiger partial charge is 0.469 e. The Kier molecular flexibility index (Phi) is 8.44. The Bertz CT molecular complexity index is 419. The highest BCUT2D eigenvalue weighted by molar-refractivity contribution is 7.46. The summed E-state index contributed by atoms with van der Waals surface area (Å²) in [7, 11) is -4.25. The Morgan fingerprint density at radius 3 is 2.29 bits per heavy atom. The quantitative estimate of drug-likeness (QED) is 0.162. The molecule has 124 valence electrons. The van der Waals surface area contributed by atoms with Crippen LogP contribution in [-0.2, 0) is 18.6 Å². The molecule has 1 heterocycles. The minimum absolute atomic E-state index is 0.0147. The second kappa shape index (κ2) is 8.95. The fourth-order valence-corrected chi connectivity index (χ4v) is 1.46. The fourth-order valence-electron chi connectivity index (χ4n) is 1.09. The van der Waals surface area contributed by atoms with E-state index in [1.807, 2.05) is 0 Å². The average molecular weight is 331 g/mol. The molecule has 0 radical (unpaired) electrons. The third kappa shape index (κ3) is 7.39. The summed E-state index contributed by atoms with van der Waals surface area (Å²) < 4.78 is 18.3. The number of carbonyl (C=O) groups excluding carboxylic acids is 1. The van der Waals surface area contributed by atoms with Crippen LogP contribution in [0.3, 0.4) is 0 Å². The molecule has 0 fully saturated rings. The number of aliphatic hydroxyl groups is 4. The molecule has 2 atom stereocenters. The largest absolute Gasteiger partial charge is 0.505 e. The molecule has 8 N–H and O–H groups in total. The molecule has 0 aromatic rings. The maximum atomic E-state index is 10.5. The second-order valence-electron chi connectivity index (χ2n) is 3.78. The van der Waals surface area contributed by atoms with E-state index in [1.165, 1.54) is 0 Å². The second-order valence-corrected chi connectivity index (χ2v) is 5.02. The third-order valence-corrected chi connectivity index (χ3v) is 2.60. The Labute approximate surface area is 119 Å². The van der Waals surface area contributed by atoms with Crippen molar-refractivity contribution in [2.24, 2.45) is 5.73 Å². The highest BCUT2D eigenvalue weighted by atomic mass is 31.2. The molecule has 12 heteroatoms. The standard InChI is InChI=1S/C6H8O6.C3H10NO4P/c7-1-2(8)5-3(9)4(10)6(11)12-5;4-2-1-3-8-9(5,6)7/h2,5,7-10H,1H2;1-4H2,(H2,5,6,7)/t2-,5+;/m0./s1. The highest BCUT2D eigenvalue weighted by Crippen LogP contribution is 2.35. The summed E-state index contributed by atoms with van der Waals surface area (Å²) >= 11 is 0. The number of rotatable bonds is 6. The van der Waals surface area contributed by atoms with Crippen molar-refractivity contribution in [2.75, 3.05) is 19.8 Å². The van der Waals surface area contributed by atoms with Crippen molar-refractivity contribution in [1.82, 2.24) is 0 Å². The van der Waals surface area contributed by atoms with Gasteiger partial charge in [0.1, 0.15) is 6.10 Å². The first kappa shape index (κ1) is 19.8. The summed E-state index contributed by atoms with van der Waals surface area (Å²) in [5.74, 6) is -2.78. The van der Waals surface area contributed by atoms with Gasteiger partial charge in [-0.1, -0.05) is 0 Å². The maximum absolute atomic E-state index is 10.5. The van der Waals surface area contributed by atoms with Crippen LogP contribution in [-0.4, -0.2) is 68.1 Å². The first-order chi connectivity index (χ1) is 9.64. The van der Waals surface area contributed by atoms with Crippen molar-refractivity contribution in [3.63, 3.8) is 0 Å². The van der Waals surface area contributed by atoms with E-state index in [0.717, 1.165) is 0 Å². The molecule has 21 heavy (non-hydrogen) atoms. The molecule has 1 aliphatic rings. The number of phosphoric ester groups is 1. The van der Waals surface area contributed by atoms with Gasteiger partial charge in [0, 0.05) is 0 Å². The number of cyclic esters (lactones) is 1. The van der Waals surface area contributed by atoms with Gasteiger partial charge in [0.15, 0.2) is 11.9 Å². The number of phosphoric acid groups is 1. The van der Waals surface area contributed by atoms with Gasteiger partial charge in [0.25, 0.3) is 0 Å². The topological polar surface area (TPSA) is 200 Å². The summed E-state index contributed by atoms with van der Waals surface area (Å²) in [6.07, 6.45) is -2.31.